The first-order valence-electron chi connectivity index (χ1n) is 3.41. The van der Waals surface area contributed by atoms with E-state index < -0.39 is 6.04 Å². The van der Waals surface area contributed by atoms with Crippen molar-refractivity contribution in [1.29, 1.82) is 5.41 Å². The first-order valence-corrected chi connectivity index (χ1v) is 4.29. The zero-order chi connectivity index (χ0) is 9.84. The van der Waals surface area contributed by atoms with Crippen LogP contribution in [0.4, 0.5) is 5.13 Å². The summed E-state index contributed by atoms with van der Waals surface area (Å²) in [7, 11) is 0. The van der Waals surface area contributed by atoms with Gasteiger partial charge in [0.1, 0.15) is 12.3 Å². The van der Waals surface area contributed by atoms with Crippen molar-refractivity contribution >= 4 is 53.5 Å². The van der Waals surface area contributed by atoms with Gasteiger partial charge in [0, 0.05) is 5.38 Å². The van der Waals surface area contributed by atoms with Crippen molar-refractivity contribution in [1.82, 2.24) is 4.98 Å². The molecule has 1 heterocycles. The molecule has 0 spiro atoms. The van der Waals surface area contributed by atoms with Crippen molar-refractivity contribution < 1.29 is 4.79 Å². The lowest BCUT2D eigenvalue weighted by Crippen LogP contribution is -2.20. The minimum absolute atomic E-state index is 0. The maximum Gasteiger partial charge on any atom is 0.192 e. The van der Waals surface area contributed by atoms with E-state index in [0.717, 1.165) is 0 Å². The highest BCUT2D eigenvalue weighted by molar-refractivity contribution is 7.13. The second-order valence-corrected chi connectivity index (χ2v) is 3.14. The van der Waals surface area contributed by atoms with Crippen LogP contribution in [-0.4, -0.2) is 17.2 Å². The Morgan fingerprint density at radius 2 is 2.27 bits per heavy atom. The summed E-state index contributed by atoms with van der Waals surface area (Å²) in [6.45, 7) is 0. The third-order valence-corrected chi connectivity index (χ3v) is 2.03. The first-order chi connectivity index (χ1) is 6.13. The van der Waals surface area contributed by atoms with Crippen LogP contribution < -0.4 is 16.8 Å². The average molecular weight is 272 g/mol. The number of halogens is 2. The minimum atomic E-state index is -0.709. The molecule has 0 aliphatic carbocycles. The van der Waals surface area contributed by atoms with Crippen molar-refractivity contribution in [3.8, 4) is 0 Å². The van der Waals surface area contributed by atoms with Crippen LogP contribution in [0.2, 0.25) is 0 Å². The van der Waals surface area contributed by atoms with E-state index in [-0.39, 0.29) is 30.8 Å². The average Bonchev–Trinajstić information content (AvgIpc) is 2.50. The van der Waals surface area contributed by atoms with E-state index in [1.54, 1.807) is 5.38 Å². The van der Waals surface area contributed by atoms with Gasteiger partial charge < -0.3 is 21.6 Å². The van der Waals surface area contributed by atoms with Crippen molar-refractivity contribution in [2.45, 2.75) is 6.04 Å². The zero-order valence-corrected chi connectivity index (χ0v) is 9.92. The quantitative estimate of drug-likeness (QED) is 0.363. The van der Waals surface area contributed by atoms with E-state index >= 15 is 0 Å². The number of nitrogens with two attached hydrogens (primary N) is 2. The molecule has 15 heavy (non-hydrogen) atoms. The second kappa shape index (κ2) is 7.41. The number of carbonyl (C=O) groups is 1. The molecule has 1 aromatic heterocycles. The van der Waals surface area contributed by atoms with Gasteiger partial charge in [0.25, 0.3) is 0 Å². The van der Waals surface area contributed by atoms with Crippen LogP contribution >= 0.6 is 36.2 Å². The fraction of sp³-hybridized carbons (Fsp3) is 0.167. The summed E-state index contributed by atoms with van der Waals surface area (Å²) in [5.41, 5.74) is 11.0. The predicted octanol–water partition coefficient (Wildman–Crippen LogP) is 0.491. The molecule has 0 aliphatic heterocycles. The highest BCUT2D eigenvalue weighted by Crippen LogP contribution is 2.17. The van der Waals surface area contributed by atoms with Gasteiger partial charge in [-0.25, -0.2) is 4.98 Å². The van der Waals surface area contributed by atoms with Gasteiger partial charge in [-0.2, -0.15) is 0 Å². The van der Waals surface area contributed by atoms with Crippen molar-refractivity contribution in [2.24, 2.45) is 11.5 Å². The van der Waals surface area contributed by atoms with E-state index in [2.05, 4.69) is 10.3 Å². The monoisotopic (exact) mass is 271 g/mol. The molecular weight excluding hydrogens is 261 g/mol. The van der Waals surface area contributed by atoms with E-state index in [4.69, 9.17) is 16.9 Å². The number of rotatable bonds is 3. The van der Waals surface area contributed by atoms with E-state index in [1.165, 1.54) is 11.3 Å². The largest absolute Gasteiger partial charge is 0.370 e. The predicted molar refractivity (Wildman–Crippen MR) is 65.1 cm³/mol. The molecule has 1 atom stereocenters. The number of carbonyl (C=O) groups excluding carboxylic acids is 1. The van der Waals surface area contributed by atoms with E-state index in [0.29, 0.717) is 17.1 Å². The summed E-state index contributed by atoms with van der Waals surface area (Å²) in [5.74, 6) is -0.194. The number of thiazole rings is 1. The number of aldehydes is 1. The summed E-state index contributed by atoms with van der Waals surface area (Å²) < 4.78 is 0. The number of hydrogen-bond donors (Lipinski definition) is 4. The molecule has 0 saturated carbocycles. The van der Waals surface area contributed by atoms with Gasteiger partial charge >= 0.3 is 0 Å². The molecule has 0 saturated heterocycles. The molecule has 1 rings (SSSR count). The molecule has 6 N–H and O–H groups in total. The molecule has 0 amide bonds. The SMILES string of the molecule is Cl.Cl.N=C(N)Nc1nc(C(N)C=O)cs1. The number of hydrogen-bond acceptors (Lipinski definition) is 5. The number of nitrogens with zero attached hydrogens (tertiary/aromatic N) is 1. The van der Waals surface area contributed by atoms with Crippen LogP contribution in [0, 0.1) is 5.41 Å². The fourth-order valence-electron chi connectivity index (χ4n) is 0.682. The number of guanidine groups is 1. The summed E-state index contributed by atoms with van der Waals surface area (Å²) in [6.07, 6.45) is 0.604. The van der Waals surface area contributed by atoms with Gasteiger partial charge in [-0.05, 0) is 0 Å². The van der Waals surface area contributed by atoms with Crippen LogP contribution in [0.1, 0.15) is 11.7 Å². The lowest BCUT2D eigenvalue weighted by molar-refractivity contribution is -0.109. The molecule has 6 nitrogen and oxygen atoms in total. The smallest absolute Gasteiger partial charge is 0.192 e. The molecule has 86 valence electrons. The van der Waals surface area contributed by atoms with Crippen LogP contribution in [-0.2, 0) is 4.79 Å². The van der Waals surface area contributed by atoms with Crippen LogP contribution in [0.25, 0.3) is 0 Å². The van der Waals surface area contributed by atoms with Gasteiger partial charge in [0.15, 0.2) is 11.1 Å². The Balaban J connectivity index is 0. The number of anilines is 1. The molecule has 1 aromatic rings. The molecule has 0 aliphatic rings. The van der Waals surface area contributed by atoms with E-state index in [9.17, 15) is 4.79 Å². The minimum Gasteiger partial charge on any atom is -0.370 e. The third kappa shape index (κ3) is 4.93. The normalized spacial score (nSPS) is 10.5. The van der Waals surface area contributed by atoms with Gasteiger partial charge in [-0.15, -0.1) is 36.2 Å². The molecule has 0 radical (unpaired) electrons. The summed E-state index contributed by atoms with van der Waals surface area (Å²) in [6, 6.07) is -0.709. The standard InChI is InChI=1S/C6H9N5OS.2ClH/c7-3(1-12)4-2-13-6(10-4)11-5(8)9;;/h1-3H,7H2,(H4,8,9,10,11);2*1H. The van der Waals surface area contributed by atoms with Crippen molar-refractivity contribution in [2.75, 3.05) is 5.32 Å². The van der Waals surface area contributed by atoms with Gasteiger partial charge in [0.2, 0.25) is 0 Å². The highest BCUT2D eigenvalue weighted by atomic mass is 35.5. The topological polar surface area (TPSA) is 118 Å². The summed E-state index contributed by atoms with van der Waals surface area (Å²) >= 11 is 1.24. The van der Waals surface area contributed by atoms with Crippen molar-refractivity contribution in [3.05, 3.63) is 11.1 Å². The molecule has 9 heteroatoms. The number of nitrogens with one attached hydrogen (secondary N) is 2. The Hall–Kier alpha value is -0.890. The van der Waals surface area contributed by atoms with Crippen LogP contribution in [0.3, 0.4) is 0 Å². The molecule has 1 unspecified atom stereocenters. The summed E-state index contributed by atoms with van der Waals surface area (Å²) in [4.78, 5) is 14.2. The van der Waals surface area contributed by atoms with Gasteiger partial charge in [0.05, 0.1) is 5.69 Å². The highest BCUT2D eigenvalue weighted by Gasteiger charge is 2.08. The summed E-state index contributed by atoms with van der Waals surface area (Å²) in [5, 5.41) is 11.5. The Labute approximate surface area is 103 Å². The van der Waals surface area contributed by atoms with Gasteiger partial charge in [-0.3, -0.25) is 5.41 Å². The lowest BCUT2D eigenvalue weighted by atomic mass is 10.3. The van der Waals surface area contributed by atoms with Crippen LogP contribution in [0.15, 0.2) is 5.38 Å². The van der Waals surface area contributed by atoms with Crippen LogP contribution in [0.5, 0.6) is 0 Å². The Morgan fingerprint density at radius 1 is 1.67 bits per heavy atom. The molecule has 0 fully saturated rings. The second-order valence-electron chi connectivity index (χ2n) is 2.28. The maximum atomic E-state index is 10.3. The fourth-order valence-corrected chi connectivity index (χ4v) is 1.45. The molecular formula is C6H11Cl2N5OS. The zero-order valence-electron chi connectivity index (χ0n) is 7.47. The van der Waals surface area contributed by atoms with Crippen molar-refractivity contribution in [3.63, 3.8) is 0 Å². The first kappa shape index (κ1) is 16.5. The number of aromatic nitrogens is 1. The van der Waals surface area contributed by atoms with E-state index in [1.807, 2.05) is 0 Å². The Kier molecular flexibility index (Phi) is 8.17. The lowest BCUT2D eigenvalue weighted by Gasteiger charge is -1.98. The maximum absolute atomic E-state index is 10.3. The molecule has 0 bridgehead atoms. The molecule has 0 aromatic carbocycles. The Bertz CT molecular complexity index is 331. The third-order valence-electron chi connectivity index (χ3n) is 1.25. The van der Waals surface area contributed by atoms with Gasteiger partial charge in [-0.1, -0.05) is 0 Å². The Morgan fingerprint density at radius 3 is 2.73 bits per heavy atom.